The van der Waals surface area contributed by atoms with Gasteiger partial charge in [-0.05, 0) is 54.8 Å². The molecular formula is C16H17ClFNO. The fraction of sp³-hybridized carbons (Fsp3) is 0.250. The summed E-state index contributed by atoms with van der Waals surface area (Å²) in [6.45, 7) is 2.57. The molecule has 0 heterocycles. The Morgan fingerprint density at radius 1 is 1.20 bits per heavy atom. The maximum atomic E-state index is 13.2. The van der Waals surface area contributed by atoms with Crippen LogP contribution in [0.2, 0.25) is 5.02 Å². The van der Waals surface area contributed by atoms with Gasteiger partial charge in [-0.2, -0.15) is 0 Å². The van der Waals surface area contributed by atoms with Crippen LogP contribution in [0.3, 0.4) is 0 Å². The van der Waals surface area contributed by atoms with Gasteiger partial charge in [-0.25, -0.2) is 4.39 Å². The molecule has 0 fully saturated rings. The van der Waals surface area contributed by atoms with Crippen molar-refractivity contribution in [2.75, 3.05) is 6.61 Å². The molecule has 106 valence electrons. The minimum atomic E-state index is -0.303. The second kappa shape index (κ2) is 6.73. The van der Waals surface area contributed by atoms with Crippen LogP contribution in [0.5, 0.6) is 5.75 Å². The smallest absolute Gasteiger partial charge is 0.123 e. The van der Waals surface area contributed by atoms with Crippen LogP contribution in [-0.2, 0) is 6.42 Å². The van der Waals surface area contributed by atoms with Crippen LogP contribution >= 0.6 is 11.6 Å². The van der Waals surface area contributed by atoms with Crippen molar-refractivity contribution < 1.29 is 9.13 Å². The first-order valence-electron chi connectivity index (χ1n) is 6.52. The summed E-state index contributed by atoms with van der Waals surface area (Å²) in [4.78, 5) is 0. The Bertz CT molecular complexity index is 571. The minimum absolute atomic E-state index is 0.232. The van der Waals surface area contributed by atoms with Gasteiger partial charge in [0.1, 0.15) is 11.6 Å². The lowest BCUT2D eigenvalue weighted by atomic mass is 9.99. The lowest BCUT2D eigenvalue weighted by Crippen LogP contribution is -2.13. The second-order valence-electron chi connectivity index (χ2n) is 4.55. The first-order chi connectivity index (χ1) is 9.60. The van der Waals surface area contributed by atoms with Crippen LogP contribution in [-0.4, -0.2) is 6.61 Å². The molecule has 1 atom stereocenters. The molecule has 2 N–H and O–H groups in total. The SMILES string of the molecule is CCOc1ccc(C(N)Cc2cc(F)ccc2Cl)cc1. The van der Waals surface area contributed by atoms with Gasteiger partial charge in [-0.15, -0.1) is 0 Å². The van der Waals surface area contributed by atoms with Crippen molar-refractivity contribution in [1.29, 1.82) is 0 Å². The summed E-state index contributed by atoms with van der Waals surface area (Å²) in [5, 5.41) is 0.535. The lowest BCUT2D eigenvalue weighted by molar-refractivity contribution is 0.340. The van der Waals surface area contributed by atoms with Crippen molar-refractivity contribution in [3.63, 3.8) is 0 Å². The molecule has 0 aromatic heterocycles. The fourth-order valence-corrected chi connectivity index (χ4v) is 2.23. The molecule has 2 rings (SSSR count). The molecule has 0 radical (unpaired) electrons. The quantitative estimate of drug-likeness (QED) is 0.900. The van der Waals surface area contributed by atoms with Gasteiger partial charge in [-0.1, -0.05) is 23.7 Å². The number of benzene rings is 2. The number of hydrogen-bond acceptors (Lipinski definition) is 2. The van der Waals surface area contributed by atoms with Crippen LogP contribution in [0.15, 0.2) is 42.5 Å². The third kappa shape index (κ3) is 3.71. The van der Waals surface area contributed by atoms with E-state index in [2.05, 4.69) is 0 Å². The summed E-state index contributed by atoms with van der Waals surface area (Å²) in [7, 11) is 0. The van der Waals surface area contributed by atoms with Crippen molar-refractivity contribution >= 4 is 11.6 Å². The van der Waals surface area contributed by atoms with Crippen LogP contribution in [0.25, 0.3) is 0 Å². The molecule has 0 spiro atoms. The van der Waals surface area contributed by atoms with E-state index in [4.69, 9.17) is 22.1 Å². The Labute approximate surface area is 123 Å². The van der Waals surface area contributed by atoms with Gasteiger partial charge in [-0.3, -0.25) is 0 Å². The molecule has 0 bridgehead atoms. The van der Waals surface area contributed by atoms with E-state index in [-0.39, 0.29) is 11.9 Å². The van der Waals surface area contributed by atoms with Crippen molar-refractivity contribution in [2.45, 2.75) is 19.4 Å². The number of hydrogen-bond donors (Lipinski definition) is 1. The third-order valence-corrected chi connectivity index (χ3v) is 3.44. The fourth-order valence-electron chi connectivity index (χ4n) is 2.03. The van der Waals surface area contributed by atoms with Crippen molar-refractivity contribution in [3.8, 4) is 5.75 Å². The van der Waals surface area contributed by atoms with Gasteiger partial charge in [0, 0.05) is 11.1 Å². The van der Waals surface area contributed by atoms with E-state index in [1.54, 1.807) is 6.07 Å². The molecule has 4 heteroatoms. The molecule has 0 aliphatic carbocycles. The summed E-state index contributed by atoms with van der Waals surface area (Å²) < 4.78 is 18.6. The average Bonchev–Trinajstić information content (AvgIpc) is 2.44. The molecule has 1 unspecified atom stereocenters. The molecule has 0 saturated heterocycles. The monoisotopic (exact) mass is 293 g/mol. The number of ether oxygens (including phenoxy) is 1. The van der Waals surface area contributed by atoms with Crippen LogP contribution < -0.4 is 10.5 Å². The van der Waals surface area contributed by atoms with E-state index >= 15 is 0 Å². The highest BCUT2D eigenvalue weighted by Crippen LogP contribution is 2.24. The predicted molar refractivity (Wildman–Crippen MR) is 79.7 cm³/mol. The van der Waals surface area contributed by atoms with Crippen molar-refractivity contribution in [1.82, 2.24) is 0 Å². The summed E-state index contributed by atoms with van der Waals surface area (Å²) >= 11 is 6.05. The molecule has 2 nitrogen and oxygen atoms in total. The van der Waals surface area contributed by atoms with E-state index in [0.717, 1.165) is 11.3 Å². The first kappa shape index (κ1) is 14.8. The topological polar surface area (TPSA) is 35.2 Å². The van der Waals surface area contributed by atoms with E-state index in [1.165, 1.54) is 12.1 Å². The highest BCUT2D eigenvalue weighted by atomic mass is 35.5. The predicted octanol–water partition coefficient (Wildman–Crippen LogP) is 4.12. The number of halogens is 2. The van der Waals surface area contributed by atoms with Crippen molar-refractivity contribution in [2.24, 2.45) is 5.73 Å². The van der Waals surface area contributed by atoms with Gasteiger partial charge in [0.25, 0.3) is 0 Å². The average molecular weight is 294 g/mol. The Morgan fingerprint density at radius 2 is 1.90 bits per heavy atom. The summed E-state index contributed by atoms with van der Waals surface area (Å²) in [6, 6.07) is 11.7. The highest BCUT2D eigenvalue weighted by Gasteiger charge is 2.10. The van der Waals surface area contributed by atoms with Gasteiger partial charge in [0.2, 0.25) is 0 Å². The molecule has 0 aliphatic rings. The van der Waals surface area contributed by atoms with Crippen LogP contribution in [0.1, 0.15) is 24.1 Å². The molecule has 0 aliphatic heterocycles. The maximum absolute atomic E-state index is 13.2. The summed E-state index contributed by atoms with van der Waals surface area (Å²) in [5.74, 6) is 0.510. The largest absolute Gasteiger partial charge is 0.494 e. The van der Waals surface area contributed by atoms with E-state index in [9.17, 15) is 4.39 Å². The van der Waals surface area contributed by atoms with Gasteiger partial charge < -0.3 is 10.5 Å². The first-order valence-corrected chi connectivity index (χ1v) is 6.90. The standard InChI is InChI=1S/C16H17ClFNO/c1-2-20-14-6-3-11(4-7-14)16(19)10-12-9-13(18)5-8-15(12)17/h3-9,16H,2,10,19H2,1H3. The summed E-state index contributed by atoms with van der Waals surface area (Å²) in [6.07, 6.45) is 0.491. The molecule has 20 heavy (non-hydrogen) atoms. The number of nitrogens with two attached hydrogens (primary N) is 1. The Kier molecular flexibility index (Phi) is 4.99. The van der Waals surface area contributed by atoms with Crippen LogP contribution in [0.4, 0.5) is 4.39 Å². The van der Waals surface area contributed by atoms with Gasteiger partial charge in [0.15, 0.2) is 0 Å². The highest BCUT2D eigenvalue weighted by molar-refractivity contribution is 6.31. The molecule has 0 amide bonds. The Morgan fingerprint density at radius 3 is 2.55 bits per heavy atom. The molecule has 2 aromatic carbocycles. The Hall–Kier alpha value is -1.58. The second-order valence-corrected chi connectivity index (χ2v) is 4.96. The van der Waals surface area contributed by atoms with E-state index in [1.807, 2.05) is 31.2 Å². The van der Waals surface area contributed by atoms with E-state index < -0.39 is 0 Å². The van der Waals surface area contributed by atoms with Gasteiger partial charge in [0.05, 0.1) is 6.61 Å². The molecule has 0 saturated carbocycles. The maximum Gasteiger partial charge on any atom is 0.123 e. The Balaban J connectivity index is 2.11. The van der Waals surface area contributed by atoms with Gasteiger partial charge >= 0.3 is 0 Å². The van der Waals surface area contributed by atoms with Crippen LogP contribution in [0, 0.1) is 5.82 Å². The van der Waals surface area contributed by atoms with E-state index in [0.29, 0.717) is 23.6 Å². The zero-order chi connectivity index (χ0) is 14.5. The number of rotatable bonds is 5. The zero-order valence-corrected chi connectivity index (χ0v) is 12.0. The minimum Gasteiger partial charge on any atom is -0.494 e. The lowest BCUT2D eigenvalue weighted by Gasteiger charge is -2.14. The zero-order valence-electron chi connectivity index (χ0n) is 11.3. The third-order valence-electron chi connectivity index (χ3n) is 3.07. The summed E-state index contributed by atoms with van der Waals surface area (Å²) in [5.41, 5.74) is 7.83. The molecule has 2 aromatic rings. The normalized spacial score (nSPS) is 12.2. The van der Waals surface area contributed by atoms with Crippen molar-refractivity contribution in [3.05, 3.63) is 64.4 Å². The molecular weight excluding hydrogens is 277 g/mol.